The van der Waals surface area contributed by atoms with Gasteiger partial charge < -0.3 is 34.7 Å². The van der Waals surface area contributed by atoms with Crippen LogP contribution in [0.2, 0.25) is 0 Å². The van der Waals surface area contributed by atoms with Crippen LogP contribution in [0.15, 0.2) is 84.0 Å². The molecule has 2 aromatic heterocycles. The Morgan fingerprint density at radius 1 is 0.836 bits per heavy atom. The minimum absolute atomic E-state index is 0. The molecule has 3 aromatic carbocycles. The fourth-order valence-electron chi connectivity index (χ4n) is 7.52. The van der Waals surface area contributed by atoms with Gasteiger partial charge in [0.2, 0.25) is 12.3 Å². The summed E-state index contributed by atoms with van der Waals surface area (Å²) in [6.07, 6.45) is 5.53. The number of hydrogen-bond donors (Lipinski definition) is 3. The van der Waals surface area contributed by atoms with Crippen LogP contribution in [-0.2, 0) is 24.1 Å². The van der Waals surface area contributed by atoms with Crippen molar-refractivity contribution in [2.24, 2.45) is 10.9 Å². The number of nitrogens with zero attached hydrogens (tertiary/aromatic N) is 5. The van der Waals surface area contributed by atoms with Crippen molar-refractivity contribution >= 4 is 89.3 Å². The van der Waals surface area contributed by atoms with Crippen molar-refractivity contribution in [2.75, 3.05) is 27.3 Å². The molecule has 0 unspecified atom stereocenters. The number of H-pyrrole nitrogens is 2. The summed E-state index contributed by atoms with van der Waals surface area (Å²) in [5, 5.41) is 2.70. The van der Waals surface area contributed by atoms with E-state index >= 15 is 0 Å². The van der Waals surface area contributed by atoms with Gasteiger partial charge in [-0.25, -0.2) is 19.8 Å². The summed E-state index contributed by atoms with van der Waals surface area (Å²) in [4.78, 5) is 73.4. The maximum absolute atomic E-state index is 13.9. The highest BCUT2D eigenvalue weighted by molar-refractivity contribution is 7.59. The molecule has 326 valence electrons. The Morgan fingerprint density at radius 3 is 2.13 bits per heavy atom. The first-order valence-corrected chi connectivity index (χ1v) is 19.1. The molecule has 2 aliphatic rings. The van der Waals surface area contributed by atoms with Crippen molar-refractivity contribution in [1.29, 1.82) is 0 Å². The highest BCUT2D eigenvalue weighted by atomic mass is 32.1. The van der Waals surface area contributed by atoms with E-state index in [1.807, 2.05) is 91.5 Å². The van der Waals surface area contributed by atoms with Crippen LogP contribution < -0.4 is 5.32 Å². The number of alkyl carbamates (subject to hydrolysis) is 1. The number of imidazole rings is 2. The fourth-order valence-corrected chi connectivity index (χ4v) is 7.52. The van der Waals surface area contributed by atoms with Gasteiger partial charge in [0, 0.05) is 24.2 Å². The third-order valence-corrected chi connectivity index (χ3v) is 10.4. The zero-order valence-electron chi connectivity index (χ0n) is 34.4. The summed E-state index contributed by atoms with van der Waals surface area (Å²) in [7, 11) is 2.67. The molecule has 2 aliphatic heterocycles. The smallest absolute Gasteiger partial charge is 0.407 e. The van der Waals surface area contributed by atoms with E-state index in [1.165, 1.54) is 20.6 Å². The van der Waals surface area contributed by atoms with E-state index in [2.05, 4.69) is 42.0 Å². The van der Waals surface area contributed by atoms with Crippen molar-refractivity contribution < 1.29 is 28.9 Å². The molecule has 4 heterocycles. The van der Waals surface area contributed by atoms with Gasteiger partial charge in [0.15, 0.2) is 0 Å². The molecule has 61 heavy (non-hydrogen) atoms. The van der Waals surface area contributed by atoms with Gasteiger partial charge in [-0.2, -0.15) is 58.9 Å². The third kappa shape index (κ3) is 11.7. The quantitative estimate of drug-likeness (QED) is 0.0425. The van der Waals surface area contributed by atoms with Crippen LogP contribution >= 0.6 is 54.0 Å². The van der Waals surface area contributed by atoms with Gasteiger partial charge in [-0.15, -0.1) is 0 Å². The van der Waals surface area contributed by atoms with Crippen LogP contribution in [0.5, 0.6) is 0 Å². The Balaban J connectivity index is 0.00000248. The van der Waals surface area contributed by atoms with E-state index in [0.29, 0.717) is 24.5 Å². The summed E-state index contributed by atoms with van der Waals surface area (Å²) >= 11 is 0. The highest BCUT2D eigenvalue weighted by Gasteiger charge is 2.38. The Bertz CT molecular complexity index is 2310. The van der Waals surface area contributed by atoms with Crippen molar-refractivity contribution in [3.05, 3.63) is 107 Å². The number of benzene rings is 3. The van der Waals surface area contributed by atoms with Gasteiger partial charge in [0.1, 0.15) is 23.7 Å². The molecule has 0 spiro atoms. The SMILES string of the molecule is COOC=N[C@H](C(=O)N1CCC[C@H]1c1nc2ccc(C#Cc3ccc(-c4cnc([C@@H]5CCCN5C(=O)[C@@H](NC(=O)OC)c5ccccc5)[nH]4)cc3)cc2[nH]1)C(C)C.S.S.S.S. The average molecular weight is 907 g/mol. The first-order valence-electron chi connectivity index (χ1n) is 19.1. The normalized spacial score (nSPS) is 16.6. The zero-order valence-corrected chi connectivity index (χ0v) is 38.4. The van der Waals surface area contributed by atoms with E-state index in [4.69, 9.17) is 14.6 Å². The summed E-state index contributed by atoms with van der Waals surface area (Å²) in [6.45, 7) is 5.10. The van der Waals surface area contributed by atoms with Crippen LogP contribution in [0.1, 0.15) is 86.0 Å². The Labute approximate surface area is 383 Å². The number of nitrogens with one attached hydrogen (secondary N) is 3. The number of fused-ring (bicyclic) bond motifs is 1. The maximum Gasteiger partial charge on any atom is 0.407 e. The fraction of sp³-hybridized carbons (Fsp3) is 0.349. The lowest BCUT2D eigenvalue weighted by molar-refractivity contribution is -0.188. The molecule has 2 fully saturated rings. The van der Waals surface area contributed by atoms with Gasteiger partial charge in [-0.05, 0) is 73.1 Å². The van der Waals surface area contributed by atoms with Crippen LogP contribution in [0.25, 0.3) is 22.3 Å². The number of ether oxygens (including phenoxy) is 1. The van der Waals surface area contributed by atoms with E-state index in [0.717, 1.165) is 64.9 Å². The molecule has 3 amide bonds. The van der Waals surface area contributed by atoms with Crippen LogP contribution in [-0.4, -0.2) is 87.4 Å². The molecule has 7 rings (SSSR count). The average Bonchev–Trinajstić information content (AvgIpc) is 4.07. The summed E-state index contributed by atoms with van der Waals surface area (Å²) in [5.41, 5.74) is 5.78. The first kappa shape index (κ1) is 50.3. The zero-order chi connectivity index (χ0) is 39.9. The van der Waals surface area contributed by atoms with Crippen molar-refractivity contribution in [3.8, 4) is 23.1 Å². The van der Waals surface area contributed by atoms with Crippen LogP contribution in [0.4, 0.5) is 4.79 Å². The second-order valence-electron chi connectivity index (χ2n) is 14.4. The second kappa shape index (κ2) is 23.2. The number of aliphatic imine (C=N–C) groups is 1. The standard InChI is InChI=1S/C43H46N8O6.4H2S/c1-27(2)37(45-26-57-56-4)41(52)51-23-9-13-36(51)40-46-32-21-18-29(24-33(32)47-40)15-14-28-16-19-30(20-17-28)34-25-44-39(48-34)35-12-8-22-50(35)42(53)38(49-43(54)55-3)31-10-6-5-7-11-31;;;;/h5-7,10-11,16-21,24-27,35-38H,8-9,12-13,22-23H2,1-4H3,(H,44,48)(H,46,47)(H,49,54);4*1H2/t35-,36-,37-,38-;;;;/m0..../s1. The second-order valence-corrected chi connectivity index (χ2v) is 14.4. The number of aromatic amines is 2. The lowest BCUT2D eigenvalue weighted by Crippen LogP contribution is -2.42. The number of methoxy groups -OCH3 is 1. The van der Waals surface area contributed by atoms with E-state index in [9.17, 15) is 14.4 Å². The van der Waals surface area contributed by atoms with Gasteiger partial charge in [-0.3, -0.25) is 9.59 Å². The number of carbonyl (C=O) groups is 3. The molecule has 2 saturated heterocycles. The third-order valence-electron chi connectivity index (χ3n) is 10.4. The van der Waals surface area contributed by atoms with Crippen LogP contribution in [0.3, 0.4) is 0 Å². The maximum atomic E-state index is 13.9. The first-order chi connectivity index (χ1) is 27.7. The van der Waals surface area contributed by atoms with Crippen molar-refractivity contribution in [3.63, 3.8) is 0 Å². The molecule has 0 bridgehead atoms. The van der Waals surface area contributed by atoms with Crippen molar-refractivity contribution in [1.82, 2.24) is 35.1 Å². The molecular weight excluding hydrogens is 853 g/mol. The summed E-state index contributed by atoms with van der Waals surface area (Å²) in [5.74, 6) is 7.67. The monoisotopic (exact) mass is 906 g/mol. The minimum Gasteiger partial charge on any atom is -0.453 e. The van der Waals surface area contributed by atoms with E-state index in [1.54, 1.807) is 11.1 Å². The summed E-state index contributed by atoms with van der Waals surface area (Å²) < 4.78 is 4.82. The van der Waals surface area contributed by atoms with Gasteiger partial charge in [-0.1, -0.05) is 68.2 Å². The number of amides is 3. The molecule has 3 N–H and O–H groups in total. The lowest BCUT2D eigenvalue weighted by Gasteiger charge is -2.28. The van der Waals surface area contributed by atoms with Gasteiger partial charge in [0.25, 0.3) is 5.91 Å². The molecule has 18 heteroatoms. The number of carbonyl (C=O) groups excluding carboxylic acids is 3. The van der Waals surface area contributed by atoms with Gasteiger partial charge in [0.05, 0.1) is 49.2 Å². The minimum atomic E-state index is -0.882. The lowest BCUT2D eigenvalue weighted by atomic mass is 10.0. The molecule has 5 aromatic rings. The van der Waals surface area contributed by atoms with Crippen molar-refractivity contribution in [2.45, 2.75) is 63.7 Å². The molecule has 4 atom stereocenters. The predicted molar refractivity (Wildman–Crippen MR) is 255 cm³/mol. The van der Waals surface area contributed by atoms with Crippen LogP contribution in [0, 0.1) is 17.8 Å². The largest absolute Gasteiger partial charge is 0.453 e. The Kier molecular flexibility index (Phi) is 19.2. The predicted octanol–water partition coefficient (Wildman–Crippen LogP) is 6.86. The molecule has 0 aliphatic carbocycles. The molecule has 0 radical (unpaired) electrons. The Morgan fingerprint density at radius 2 is 1.48 bits per heavy atom. The number of hydrogen-bond acceptors (Lipinski definition) is 9. The highest BCUT2D eigenvalue weighted by Crippen LogP contribution is 2.35. The molecular formula is C43H54N8O6S4. The van der Waals surface area contributed by atoms with Gasteiger partial charge >= 0.3 is 6.09 Å². The summed E-state index contributed by atoms with van der Waals surface area (Å²) in [6, 6.07) is 21.0. The molecule has 14 nitrogen and oxygen atoms in total. The molecule has 0 saturated carbocycles. The number of aromatic nitrogens is 4. The van der Waals surface area contributed by atoms with E-state index in [-0.39, 0.29) is 83.8 Å². The van der Waals surface area contributed by atoms with E-state index < -0.39 is 18.2 Å². The topological polar surface area (TPSA) is 167 Å². The Hall–Kier alpha value is -5.06. The number of likely N-dealkylation sites (tertiary alicyclic amines) is 2. The number of rotatable bonds is 11.